The van der Waals surface area contributed by atoms with Crippen molar-refractivity contribution < 1.29 is 9.53 Å². The van der Waals surface area contributed by atoms with Crippen LogP contribution in [-0.4, -0.2) is 19.1 Å². The van der Waals surface area contributed by atoms with Crippen LogP contribution in [0.5, 0.6) is 5.75 Å². The van der Waals surface area contributed by atoms with Crippen LogP contribution in [0.3, 0.4) is 0 Å². The standard InChI is InChI=1S/C15H23ClN2O2/c1-3-5-11(10-17)15(19)18-13-9-12(16)6-7-14(13)20-8-4-2/h6-7,9,11H,3-5,8,10,17H2,1-2H3,(H,18,19). The number of benzene rings is 1. The van der Waals surface area contributed by atoms with E-state index in [9.17, 15) is 4.79 Å². The van der Waals surface area contributed by atoms with Crippen LogP contribution >= 0.6 is 11.6 Å². The summed E-state index contributed by atoms with van der Waals surface area (Å²) in [6, 6.07) is 5.21. The largest absolute Gasteiger partial charge is 0.491 e. The van der Waals surface area contributed by atoms with Crippen molar-refractivity contribution in [3.8, 4) is 5.75 Å². The molecule has 0 fully saturated rings. The molecule has 112 valence electrons. The average Bonchev–Trinajstić information content (AvgIpc) is 2.43. The first-order valence-corrected chi connectivity index (χ1v) is 7.43. The van der Waals surface area contributed by atoms with Gasteiger partial charge in [-0.1, -0.05) is 31.9 Å². The molecule has 0 aromatic heterocycles. The molecule has 0 aliphatic rings. The second kappa shape index (κ2) is 8.82. The second-order valence-corrected chi connectivity index (χ2v) is 5.14. The third-order valence-electron chi connectivity index (χ3n) is 2.95. The maximum absolute atomic E-state index is 12.2. The smallest absolute Gasteiger partial charge is 0.228 e. The normalized spacial score (nSPS) is 12.0. The van der Waals surface area contributed by atoms with E-state index in [0.717, 1.165) is 19.3 Å². The summed E-state index contributed by atoms with van der Waals surface area (Å²) in [5.74, 6) is 0.368. The molecule has 1 rings (SSSR count). The number of ether oxygens (including phenoxy) is 1. The molecule has 1 unspecified atom stereocenters. The molecule has 20 heavy (non-hydrogen) atoms. The number of amides is 1. The summed E-state index contributed by atoms with van der Waals surface area (Å²) < 4.78 is 5.61. The molecule has 1 atom stereocenters. The van der Waals surface area contributed by atoms with Gasteiger partial charge in [-0.3, -0.25) is 4.79 Å². The monoisotopic (exact) mass is 298 g/mol. The molecule has 0 bridgehead atoms. The fraction of sp³-hybridized carbons (Fsp3) is 0.533. The molecule has 1 aromatic carbocycles. The first kappa shape index (κ1) is 16.8. The Kier molecular flexibility index (Phi) is 7.41. The number of rotatable bonds is 8. The SMILES string of the molecule is CCCOc1ccc(Cl)cc1NC(=O)C(CN)CCC. The number of anilines is 1. The molecule has 0 radical (unpaired) electrons. The Bertz CT molecular complexity index is 438. The lowest BCUT2D eigenvalue weighted by atomic mass is 10.0. The van der Waals surface area contributed by atoms with Crippen molar-refractivity contribution in [2.24, 2.45) is 11.7 Å². The quantitative estimate of drug-likeness (QED) is 0.772. The zero-order chi connectivity index (χ0) is 15.0. The molecule has 0 saturated carbocycles. The third kappa shape index (κ3) is 5.02. The molecule has 4 nitrogen and oxygen atoms in total. The van der Waals surface area contributed by atoms with E-state index < -0.39 is 0 Å². The lowest BCUT2D eigenvalue weighted by molar-refractivity contribution is -0.119. The topological polar surface area (TPSA) is 64.3 Å². The Morgan fingerprint density at radius 3 is 2.75 bits per heavy atom. The number of hydrogen-bond acceptors (Lipinski definition) is 3. The van der Waals surface area contributed by atoms with Crippen molar-refractivity contribution in [3.63, 3.8) is 0 Å². The molecule has 0 saturated heterocycles. The van der Waals surface area contributed by atoms with Crippen molar-refractivity contribution in [2.75, 3.05) is 18.5 Å². The second-order valence-electron chi connectivity index (χ2n) is 4.70. The van der Waals surface area contributed by atoms with Gasteiger partial charge in [-0.05, 0) is 31.0 Å². The van der Waals surface area contributed by atoms with Gasteiger partial charge in [0.05, 0.1) is 18.2 Å². The van der Waals surface area contributed by atoms with Crippen molar-refractivity contribution in [3.05, 3.63) is 23.2 Å². The van der Waals surface area contributed by atoms with Gasteiger partial charge >= 0.3 is 0 Å². The van der Waals surface area contributed by atoms with Gasteiger partial charge < -0.3 is 15.8 Å². The van der Waals surface area contributed by atoms with Gasteiger partial charge in [-0.15, -0.1) is 0 Å². The summed E-state index contributed by atoms with van der Waals surface area (Å²) >= 11 is 5.98. The highest BCUT2D eigenvalue weighted by Gasteiger charge is 2.17. The van der Waals surface area contributed by atoms with E-state index in [-0.39, 0.29) is 11.8 Å². The number of halogens is 1. The van der Waals surface area contributed by atoms with Gasteiger partial charge in [-0.2, -0.15) is 0 Å². The Labute approximate surface area is 125 Å². The highest BCUT2D eigenvalue weighted by Crippen LogP contribution is 2.28. The fourth-order valence-corrected chi connectivity index (χ4v) is 2.05. The molecule has 1 amide bonds. The Morgan fingerprint density at radius 1 is 1.40 bits per heavy atom. The van der Waals surface area contributed by atoms with Crippen LogP contribution in [0.1, 0.15) is 33.1 Å². The molecule has 1 aromatic rings. The van der Waals surface area contributed by atoms with Crippen LogP contribution in [0.15, 0.2) is 18.2 Å². The first-order chi connectivity index (χ1) is 9.62. The van der Waals surface area contributed by atoms with E-state index in [0.29, 0.717) is 29.6 Å². The van der Waals surface area contributed by atoms with Gasteiger partial charge in [-0.25, -0.2) is 0 Å². The number of carbonyl (C=O) groups excluding carboxylic acids is 1. The van der Waals surface area contributed by atoms with Crippen molar-refractivity contribution in [1.82, 2.24) is 0 Å². The molecule has 5 heteroatoms. The summed E-state index contributed by atoms with van der Waals surface area (Å²) in [4.78, 5) is 12.2. The highest BCUT2D eigenvalue weighted by molar-refractivity contribution is 6.31. The predicted molar refractivity (Wildman–Crippen MR) is 83.3 cm³/mol. The molecule has 0 aliphatic carbocycles. The molecule has 3 N–H and O–H groups in total. The van der Waals surface area contributed by atoms with Gasteiger partial charge in [0.15, 0.2) is 0 Å². The minimum atomic E-state index is -0.182. The third-order valence-corrected chi connectivity index (χ3v) is 3.19. The molecular formula is C15H23ClN2O2. The summed E-state index contributed by atoms with van der Waals surface area (Å²) in [5.41, 5.74) is 6.25. The van der Waals surface area contributed by atoms with E-state index in [2.05, 4.69) is 5.32 Å². The Morgan fingerprint density at radius 2 is 2.15 bits per heavy atom. The van der Waals surface area contributed by atoms with Gasteiger partial charge in [0.25, 0.3) is 0 Å². The summed E-state index contributed by atoms with van der Waals surface area (Å²) in [7, 11) is 0. The lowest BCUT2D eigenvalue weighted by Gasteiger charge is -2.16. The molecule has 0 heterocycles. The average molecular weight is 299 g/mol. The molecule has 0 aliphatic heterocycles. The first-order valence-electron chi connectivity index (χ1n) is 7.05. The van der Waals surface area contributed by atoms with Gasteiger partial charge in [0, 0.05) is 11.6 Å². The number of hydrogen-bond donors (Lipinski definition) is 2. The van der Waals surface area contributed by atoms with Gasteiger partial charge in [0.1, 0.15) is 5.75 Å². The molecular weight excluding hydrogens is 276 g/mol. The van der Waals surface area contributed by atoms with Crippen LogP contribution in [0.25, 0.3) is 0 Å². The van der Waals surface area contributed by atoms with Crippen LogP contribution in [0, 0.1) is 5.92 Å². The fourth-order valence-electron chi connectivity index (χ4n) is 1.88. The van der Waals surface area contributed by atoms with Crippen molar-refractivity contribution in [2.45, 2.75) is 33.1 Å². The van der Waals surface area contributed by atoms with Crippen molar-refractivity contribution >= 4 is 23.2 Å². The minimum absolute atomic E-state index is 0.0852. The number of nitrogens with one attached hydrogen (secondary N) is 1. The van der Waals surface area contributed by atoms with Crippen LogP contribution in [0.2, 0.25) is 5.02 Å². The summed E-state index contributed by atoms with van der Waals surface area (Å²) in [6.45, 7) is 5.00. The number of nitrogens with two attached hydrogens (primary N) is 1. The van der Waals surface area contributed by atoms with E-state index in [4.69, 9.17) is 22.1 Å². The van der Waals surface area contributed by atoms with Crippen molar-refractivity contribution in [1.29, 1.82) is 0 Å². The minimum Gasteiger partial charge on any atom is -0.491 e. The number of carbonyl (C=O) groups is 1. The van der Waals surface area contributed by atoms with Crippen LogP contribution in [0.4, 0.5) is 5.69 Å². The summed E-state index contributed by atoms with van der Waals surface area (Å²) in [5, 5.41) is 3.43. The van der Waals surface area contributed by atoms with E-state index in [1.807, 2.05) is 13.8 Å². The highest BCUT2D eigenvalue weighted by atomic mass is 35.5. The van der Waals surface area contributed by atoms with Crippen LogP contribution in [-0.2, 0) is 4.79 Å². The van der Waals surface area contributed by atoms with E-state index in [1.165, 1.54) is 0 Å². The van der Waals surface area contributed by atoms with E-state index >= 15 is 0 Å². The lowest BCUT2D eigenvalue weighted by Crippen LogP contribution is -2.29. The predicted octanol–water partition coefficient (Wildman–Crippen LogP) is 3.44. The maximum Gasteiger partial charge on any atom is 0.228 e. The molecule has 0 spiro atoms. The Balaban J connectivity index is 2.83. The van der Waals surface area contributed by atoms with E-state index in [1.54, 1.807) is 18.2 Å². The zero-order valence-electron chi connectivity index (χ0n) is 12.1. The Hall–Kier alpha value is -1.26. The zero-order valence-corrected chi connectivity index (χ0v) is 12.9. The maximum atomic E-state index is 12.2. The van der Waals surface area contributed by atoms with Gasteiger partial charge in [0.2, 0.25) is 5.91 Å². The summed E-state index contributed by atoms with van der Waals surface area (Å²) in [6.07, 6.45) is 2.59. The van der Waals surface area contributed by atoms with Crippen LogP contribution < -0.4 is 15.8 Å².